The standard InChI is InChI=1S/C16H15ClFNOS/c1-2-8-19(11-12-5-4-9-21-12)16(20)10-13-14(17)6-3-7-15(13)18/h2-7,9H,1,8,10-11H2. The minimum Gasteiger partial charge on any atom is -0.334 e. The van der Waals surface area contributed by atoms with Gasteiger partial charge in [0.25, 0.3) is 0 Å². The van der Waals surface area contributed by atoms with Crippen molar-refractivity contribution in [3.8, 4) is 0 Å². The molecule has 110 valence electrons. The molecule has 1 amide bonds. The maximum absolute atomic E-state index is 13.8. The van der Waals surface area contributed by atoms with E-state index in [0.717, 1.165) is 4.88 Å². The molecule has 1 heterocycles. The highest BCUT2D eigenvalue weighted by Crippen LogP contribution is 2.21. The molecule has 1 aromatic heterocycles. The Labute approximate surface area is 132 Å². The van der Waals surface area contributed by atoms with Gasteiger partial charge in [-0.3, -0.25) is 4.79 Å². The van der Waals surface area contributed by atoms with Gasteiger partial charge in [-0.15, -0.1) is 17.9 Å². The number of carbonyl (C=O) groups excluding carboxylic acids is 1. The molecule has 0 aliphatic heterocycles. The third-order valence-corrected chi connectivity index (χ3v) is 4.23. The van der Waals surface area contributed by atoms with Crippen LogP contribution >= 0.6 is 22.9 Å². The van der Waals surface area contributed by atoms with Crippen molar-refractivity contribution in [2.24, 2.45) is 0 Å². The number of carbonyl (C=O) groups is 1. The molecule has 0 atom stereocenters. The van der Waals surface area contributed by atoms with Crippen LogP contribution in [0.2, 0.25) is 5.02 Å². The maximum Gasteiger partial charge on any atom is 0.227 e. The van der Waals surface area contributed by atoms with Crippen LogP contribution in [0.3, 0.4) is 0 Å². The van der Waals surface area contributed by atoms with Gasteiger partial charge in [0.2, 0.25) is 5.91 Å². The second kappa shape index (κ2) is 7.38. The number of hydrogen-bond acceptors (Lipinski definition) is 2. The minimum atomic E-state index is -0.453. The third kappa shape index (κ3) is 4.16. The zero-order valence-electron chi connectivity index (χ0n) is 11.4. The van der Waals surface area contributed by atoms with Gasteiger partial charge in [-0.1, -0.05) is 29.8 Å². The molecule has 2 rings (SSSR count). The summed E-state index contributed by atoms with van der Waals surface area (Å²) >= 11 is 7.55. The van der Waals surface area contributed by atoms with Crippen LogP contribution in [0.5, 0.6) is 0 Å². The van der Waals surface area contributed by atoms with Gasteiger partial charge in [0.1, 0.15) is 5.82 Å². The molecule has 0 radical (unpaired) electrons. The fraction of sp³-hybridized carbons (Fsp3) is 0.188. The second-order valence-electron chi connectivity index (χ2n) is 4.52. The number of rotatable bonds is 6. The highest BCUT2D eigenvalue weighted by Gasteiger charge is 2.17. The van der Waals surface area contributed by atoms with Crippen LogP contribution in [-0.2, 0) is 17.8 Å². The number of benzene rings is 1. The summed E-state index contributed by atoms with van der Waals surface area (Å²) < 4.78 is 13.8. The zero-order valence-corrected chi connectivity index (χ0v) is 13.0. The fourth-order valence-electron chi connectivity index (χ4n) is 1.97. The zero-order chi connectivity index (χ0) is 15.2. The monoisotopic (exact) mass is 323 g/mol. The molecule has 0 N–H and O–H groups in total. The van der Waals surface area contributed by atoms with Crippen molar-refractivity contribution >= 4 is 28.8 Å². The van der Waals surface area contributed by atoms with Crippen LogP contribution in [0.15, 0.2) is 48.4 Å². The molecule has 0 aliphatic rings. The highest BCUT2D eigenvalue weighted by molar-refractivity contribution is 7.09. The van der Waals surface area contributed by atoms with Crippen LogP contribution < -0.4 is 0 Å². The molecule has 5 heteroatoms. The summed E-state index contributed by atoms with van der Waals surface area (Å²) in [6, 6.07) is 8.32. The summed E-state index contributed by atoms with van der Waals surface area (Å²) in [4.78, 5) is 15.1. The Morgan fingerprint density at radius 2 is 2.19 bits per heavy atom. The van der Waals surface area contributed by atoms with Gasteiger partial charge in [0.05, 0.1) is 13.0 Å². The Bertz CT molecular complexity index is 607. The molecular weight excluding hydrogens is 309 g/mol. The van der Waals surface area contributed by atoms with Crippen molar-refractivity contribution in [1.29, 1.82) is 0 Å². The van der Waals surface area contributed by atoms with E-state index in [2.05, 4.69) is 6.58 Å². The molecule has 0 unspecified atom stereocenters. The molecule has 0 fully saturated rings. The molecule has 0 saturated carbocycles. The summed E-state index contributed by atoms with van der Waals surface area (Å²) in [5.41, 5.74) is 0.240. The van der Waals surface area contributed by atoms with E-state index in [9.17, 15) is 9.18 Å². The van der Waals surface area contributed by atoms with Gasteiger partial charge in [-0.05, 0) is 23.6 Å². The Morgan fingerprint density at radius 1 is 1.38 bits per heavy atom. The first-order valence-corrected chi connectivity index (χ1v) is 7.71. The third-order valence-electron chi connectivity index (χ3n) is 3.02. The predicted octanol–water partition coefficient (Wildman–Crippen LogP) is 4.30. The van der Waals surface area contributed by atoms with Gasteiger partial charge in [-0.2, -0.15) is 0 Å². The van der Waals surface area contributed by atoms with Crippen molar-refractivity contribution in [3.63, 3.8) is 0 Å². The minimum absolute atomic E-state index is 0.0509. The lowest BCUT2D eigenvalue weighted by atomic mass is 10.1. The van der Waals surface area contributed by atoms with E-state index in [1.807, 2.05) is 17.5 Å². The van der Waals surface area contributed by atoms with E-state index in [4.69, 9.17) is 11.6 Å². The van der Waals surface area contributed by atoms with Gasteiger partial charge in [-0.25, -0.2) is 4.39 Å². The lowest BCUT2D eigenvalue weighted by Gasteiger charge is -2.21. The summed E-state index contributed by atoms with van der Waals surface area (Å²) in [6.45, 7) is 4.58. The van der Waals surface area contributed by atoms with Gasteiger partial charge >= 0.3 is 0 Å². The number of hydrogen-bond donors (Lipinski definition) is 0. The van der Waals surface area contributed by atoms with Crippen molar-refractivity contribution in [1.82, 2.24) is 4.90 Å². The van der Waals surface area contributed by atoms with E-state index in [-0.39, 0.29) is 22.9 Å². The van der Waals surface area contributed by atoms with E-state index >= 15 is 0 Å². The molecule has 2 nitrogen and oxygen atoms in total. The highest BCUT2D eigenvalue weighted by atomic mass is 35.5. The second-order valence-corrected chi connectivity index (χ2v) is 5.96. The molecule has 2 aromatic rings. The first-order chi connectivity index (χ1) is 10.1. The lowest BCUT2D eigenvalue weighted by Crippen LogP contribution is -2.32. The molecule has 0 spiro atoms. The quantitative estimate of drug-likeness (QED) is 0.726. The van der Waals surface area contributed by atoms with E-state index in [0.29, 0.717) is 13.1 Å². The Kier molecular flexibility index (Phi) is 5.53. The first-order valence-electron chi connectivity index (χ1n) is 6.45. The normalized spacial score (nSPS) is 10.4. The summed E-state index contributed by atoms with van der Waals surface area (Å²) in [7, 11) is 0. The Balaban J connectivity index is 2.13. The van der Waals surface area contributed by atoms with Crippen LogP contribution in [-0.4, -0.2) is 17.4 Å². The summed E-state index contributed by atoms with van der Waals surface area (Å²) in [5, 5.41) is 2.23. The molecule has 1 aromatic carbocycles. The number of amides is 1. The Morgan fingerprint density at radius 3 is 2.81 bits per heavy atom. The predicted molar refractivity (Wildman–Crippen MR) is 85.0 cm³/mol. The molecule has 0 saturated heterocycles. The average Bonchev–Trinajstić information content (AvgIpc) is 2.95. The topological polar surface area (TPSA) is 20.3 Å². The van der Waals surface area contributed by atoms with Crippen molar-refractivity contribution in [3.05, 3.63) is 69.6 Å². The van der Waals surface area contributed by atoms with Gasteiger partial charge in [0.15, 0.2) is 0 Å². The average molecular weight is 324 g/mol. The van der Waals surface area contributed by atoms with Crippen molar-refractivity contribution in [2.75, 3.05) is 6.54 Å². The van der Waals surface area contributed by atoms with Crippen LogP contribution in [0, 0.1) is 5.82 Å². The van der Waals surface area contributed by atoms with Crippen LogP contribution in [0.4, 0.5) is 4.39 Å². The lowest BCUT2D eigenvalue weighted by molar-refractivity contribution is -0.130. The van der Waals surface area contributed by atoms with Crippen LogP contribution in [0.25, 0.3) is 0 Å². The smallest absolute Gasteiger partial charge is 0.227 e. The number of thiophene rings is 1. The molecule has 0 bridgehead atoms. The van der Waals surface area contributed by atoms with E-state index in [1.165, 1.54) is 12.1 Å². The molecule has 0 aliphatic carbocycles. The molecule has 21 heavy (non-hydrogen) atoms. The van der Waals surface area contributed by atoms with Crippen LogP contribution in [0.1, 0.15) is 10.4 Å². The van der Waals surface area contributed by atoms with E-state index in [1.54, 1.807) is 28.4 Å². The summed E-state index contributed by atoms with van der Waals surface area (Å²) in [6.07, 6.45) is 1.61. The number of nitrogens with zero attached hydrogens (tertiary/aromatic N) is 1. The molecular formula is C16H15ClFNOS. The van der Waals surface area contributed by atoms with Crippen molar-refractivity contribution in [2.45, 2.75) is 13.0 Å². The SMILES string of the molecule is C=CCN(Cc1cccs1)C(=O)Cc1c(F)cccc1Cl. The first kappa shape index (κ1) is 15.7. The van der Waals surface area contributed by atoms with Gasteiger partial charge < -0.3 is 4.90 Å². The maximum atomic E-state index is 13.8. The Hall–Kier alpha value is -1.65. The summed E-state index contributed by atoms with van der Waals surface area (Å²) in [5.74, 6) is -0.624. The fourth-order valence-corrected chi connectivity index (χ4v) is 2.91. The number of halogens is 2. The van der Waals surface area contributed by atoms with Gasteiger partial charge in [0, 0.05) is 22.0 Å². The largest absolute Gasteiger partial charge is 0.334 e. The van der Waals surface area contributed by atoms with E-state index < -0.39 is 5.82 Å². The van der Waals surface area contributed by atoms with Crippen molar-refractivity contribution < 1.29 is 9.18 Å².